The summed E-state index contributed by atoms with van der Waals surface area (Å²) >= 11 is 1.64. The Kier molecular flexibility index (Phi) is 3.90. The number of aryl methyl sites for hydroxylation is 1. The smallest absolute Gasteiger partial charge is 0.322 e. The van der Waals surface area contributed by atoms with Crippen LogP contribution in [0.4, 0.5) is 4.79 Å². The number of nitrogens with one attached hydrogen (secondary N) is 3. The van der Waals surface area contributed by atoms with Crippen molar-refractivity contribution in [1.29, 1.82) is 0 Å². The van der Waals surface area contributed by atoms with Crippen molar-refractivity contribution in [1.82, 2.24) is 16.0 Å². The summed E-state index contributed by atoms with van der Waals surface area (Å²) < 4.78 is 0. The van der Waals surface area contributed by atoms with Gasteiger partial charge in [-0.25, -0.2) is 4.79 Å². The van der Waals surface area contributed by atoms with E-state index in [0.717, 1.165) is 0 Å². The monoisotopic (exact) mass is 321 g/mol. The van der Waals surface area contributed by atoms with Crippen LogP contribution in [-0.2, 0) is 16.1 Å². The van der Waals surface area contributed by atoms with Gasteiger partial charge in [0.15, 0.2) is 0 Å². The SMILES string of the molecule is Cc1ccsc1CNC(=O)C1CCC2(CC1)NC(=O)NC2=O. The molecule has 1 saturated heterocycles. The molecule has 1 aliphatic carbocycles. The maximum atomic E-state index is 12.3. The molecule has 3 N–H and O–H groups in total. The standard InChI is InChI=1S/C15H19N3O3S/c1-9-4-7-22-11(9)8-16-12(19)10-2-5-15(6-3-10)13(20)17-14(21)18-15/h4,7,10H,2-3,5-6,8H2,1H3,(H,16,19)(H2,17,18,20,21). The van der Waals surface area contributed by atoms with Crippen LogP contribution in [-0.4, -0.2) is 23.4 Å². The van der Waals surface area contributed by atoms with Gasteiger partial charge in [-0.1, -0.05) is 0 Å². The minimum absolute atomic E-state index is 0.0346. The molecule has 2 heterocycles. The lowest BCUT2D eigenvalue weighted by molar-refractivity contribution is -0.130. The number of imide groups is 1. The lowest BCUT2D eigenvalue weighted by Gasteiger charge is -2.33. The maximum Gasteiger partial charge on any atom is 0.322 e. The van der Waals surface area contributed by atoms with Gasteiger partial charge in [0.25, 0.3) is 5.91 Å². The van der Waals surface area contributed by atoms with E-state index in [1.807, 2.05) is 18.4 Å². The molecule has 0 aromatic carbocycles. The van der Waals surface area contributed by atoms with Gasteiger partial charge in [-0.15, -0.1) is 11.3 Å². The van der Waals surface area contributed by atoms with E-state index in [9.17, 15) is 14.4 Å². The number of urea groups is 1. The van der Waals surface area contributed by atoms with Gasteiger partial charge < -0.3 is 10.6 Å². The molecular formula is C15H19N3O3S. The second-order valence-electron chi connectivity index (χ2n) is 6.01. The van der Waals surface area contributed by atoms with Crippen molar-refractivity contribution < 1.29 is 14.4 Å². The molecule has 4 amide bonds. The average Bonchev–Trinajstić information content (AvgIpc) is 3.01. The Labute approximate surface area is 132 Å². The van der Waals surface area contributed by atoms with Crippen LogP contribution in [0.3, 0.4) is 0 Å². The van der Waals surface area contributed by atoms with Crippen molar-refractivity contribution >= 4 is 29.2 Å². The van der Waals surface area contributed by atoms with Crippen LogP contribution in [0, 0.1) is 12.8 Å². The van der Waals surface area contributed by atoms with Crippen LogP contribution in [0.5, 0.6) is 0 Å². The largest absolute Gasteiger partial charge is 0.351 e. The first-order valence-corrected chi connectivity index (χ1v) is 8.32. The molecule has 3 rings (SSSR count). The van der Waals surface area contributed by atoms with Crippen LogP contribution < -0.4 is 16.0 Å². The van der Waals surface area contributed by atoms with E-state index in [1.165, 1.54) is 10.4 Å². The van der Waals surface area contributed by atoms with Gasteiger partial charge in [-0.05, 0) is 49.6 Å². The number of amides is 4. The minimum atomic E-state index is -0.793. The van der Waals surface area contributed by atoms with Gasteiger partial charge in [0.2, 0.25) is 5.91 Å². The first-order valence-electron chi connectivity index (χ1n) is 7.44. The number of rotatable bonds is 3. The molecule has 1 spiro atoms. The Morgan fingerprint density at radius 2 is 2.14 bits per heavy atom. The topological polar surface area (TPSA) is 87.3 Å². The normalized spacial score (nSPS) is 27.6. The molecule has 0 unspecified atom stereocenters. The molecule has 118 valence electrons. The summed E-state index contributed by atoms with van der Waals surface area (Å²) in [7, 11) is 0. The molecular weight excluding hydrogens is 302 g/mol. The van der Waals surface area contributed by atoms with Gasteiger partial charge in [-0.2, -0.15) is 0 Å². The Bertz CT molecular complexity index is 617. The first-order chi connectivity index (χ1) is 10.5. The van der Waals surface area contributed by atoms with Crippen LogP contribution in [0.25, 0.3) is 0 Å². The van der Waals surface area contributed by atoms with Gasteiger partial charge in [-0.3, -0.25) is 14.9 Å². The molecule has 1 saturated carbocycles. The zero-order chi connectivity index (χ0) is 15.7. The summed E-state index contributed by atoms with van der Waals surface area (Å²) in [6.45, 7) is 2.59. The number of hydrogen-bond donors (Lipinski definition) is 3. The highest BCUT2D eigenvalue weighted by Gasteiger charge is 2.48. The van der Waals surface area contributed by atoms with Crippen molar-refractivity contribution in [3.8, 4) is 0 Å². The Morgan fingerprint density at radius 1 is 1.41 bits per heavy atom. The minimum Gasteiger partial charge on any atom is -0.351 e. The van der Waals surface area contributed by atoms with Gasteiger partial charge in [0.05, 0.1) is 6.54 Å². The predicted molar refractivity (Wildman–Crippen MR) is 82.3 cm³/mol. The van der Waals surface area contributed by atoms with Crippen LogP contribution in [0.2, 0.25) is 0 Å². The highest BCUT2D eigenvalue weighted by atomic mass is 32.1. The molecule has 7 heteroatoms. The highest BCUT2D eigenvalue weighted by Crippen LogP contribution is 2.34. The molecule has 0 bridgehead atoms. The number of carbonyl (C=O) groups is 3. The van der Waals surface area contributed by atoms with E-state index in [1.54, 1.807) is 11.3 Å². The van der Waals surface area contributed by atoms with Crippen molar-refractivity contribution in [2.75, 3.05) is 0 Å². The van der Waals surface area contributed by atoms with Crippen molar-refractivity contribution in [2.24, 2.45) is 5.92 Å². The van der Waals surface area contributed by atoms with Crippen molar-refractivity contribution in [3.05, 3.63) is 21.9 Å². The predicted octanol–water partition coefficient (Wildman–Crippen LogP) is 1.44. The fraction of sp³-hybridized carbons (Fsp3) is 0.533. The summed E-state index contributed by atoms with van der Waals surface area (Å²) in [6, 6.07) is 1.61. The first kappa shape index (κ1) is 15.0. The van der Waals surface area contributed by atoms with E-state index in [0.29, 0.717) is 32.2 Å². The zero-order valence-corrected chi connectivity index (χ0v) is 13.2. The van der Waals surface area contributed by atoms with Gasteiger partial charge in [0, 0.05) is 10.8 Å². The lowest BCUT2D eigenvalue weighted by atomic mass is 9.76. The lowest BCUT2D eigenvalue weighted by Crippen LogP contribution is -2.50. The van der Waals surface area contributed by atoms with E-state index in [2.05, 4.69) is 16.0 Å². The molecule has 1 aromatic heterocycles. The fourth-order valence-electron chi connectivity index (χ4n) is 3.15. The summed E-state index contributed by atoms with van der Waals surface area (Å²) in [4.78, 5) is 36.6. The highest BCUT2D eigenvalue weighted by molar-refractivity contribution is 7.10. The van der Waals surface area contributed by atoms with Crippen LogP contribution in [0.1, 0.15) is 36.1 Å². The third-order valence-electron chi connectivity index (χ3n) is 4.62. The molecule has 1 aliphatic heterocycles. The van der Waals surface area contributed by atoms with Crippen LogP contribution in [0.15, 0.2) is 11.4 Å². The Balaban J connectivity index is 1.53. The van der Waals surface area contributed by atoms with E-state index >= 15 is 0 Å². The Morgan fingerprint density at radius 3 is 2.68 bits per heavy atom. The molecule has 6 nitrogen and oxygen atoms in total. The molecule has 0 atom stereocenters. The number of thiophene rings is 1. The average molecular weight is 321 g/mol. The van der Waals surface area contributed by atoms with E-state index in [-0.39, 0.29) is 17.7 Å². The molecule has 2 fully saturated rings. The van der Waals surface area contributed by atoms with E-state index < -0.39 is 11.6 Å². The van der Waals surface area contributed by atoms with Crippen molar-refractivity contribution in [2.45, 2.75) is 44.7 Å². The van der Waals surface area contributed by atoms with E-state index in [4.69, 9.17) is 0 Å². The third-order valence-corrected chi connectivity index (χ3v) is 5.64. The quantitative estimate of drug-likeness (QED) is 0.736. The summed E-state index contributed by atoms with van der Waals surface area (Å²) in [5, 5.41) is 9.99. The summed E-state index contributed by atoms with van der Waals surface area (Å²) in [5.74, 6) is -0.311. The maximum absolute atomic E-state index is 12.3. The molecule has 2 aliphatic rings. The second-order valence-corrected chi connectivity index (χ2v) is 7.01. The summed E-state index contributed by atoms with van der Waals surface area (Å²) in [6.07, 6.45) is 2.26. The second kappa shape index (κ2) is 5.72. The van der Waals surface area contributed by atoms with Gasteiger partial charge >= 0.3 is 6.03 Å². The molecule has 0 radical (unpaired) electrons. The third kappa shape index (κ3) is 2.72. The molecule has 1 aromatic rings. The van der Waals surface area contributed by atoms with Crippen LogP contribution >= 0.6 is 11.3 Å². The number of carbonyl (C=O) groups excluding carboxylic acids is 3. The molecule has 22 heavy (non-hydrogen) atoms. The summed E-state index contributed by atoms with van der Waals surface area (Å²) in [5.41, 5.74) is 0.399. The van der Waals surface area contributed by atoms with Crippen molar-refractivity contribution in [3.63, 3.8) is 0 Å². The Hall–Kier alpha value is -1.89. The zero-order valence-electron chi connectivity index (χ0n) is 12.4. The number of hydrogen-bond acceptors (Lipinski definition) is 4. The van der Waals surface area contributed by atoms with Gasteiger partial charge in [0.1, 0.15) is 5.54 Å². The fourth-order valence-corrected chi connectivity index (χ4v) is 4.00.